The molecule has 1 saturated carbocycles. The van der Waals surface area contributed by atoms with E-state index in [0.717, 1.165) is 5.56 Å². The van der Waals surface area contributed by atoms with Crippen LogP contribution < -0.4 is 9.47 Å². The average Bonchev–Trinajstić information content (AvgIpc) is 2.92. The van der Waals surface area contributed by atoms with Crippen LogP contribution in [0, 0.1) is 11.8 Å². The lowest BCUT2D eigenvalue weighted by molar-refractivity contribution is -0.153. The number of aliphatic imine (C=N–C) groups is 1. The highest BCUT2D eigenvalue weighted by atomic mass is 16.5. The predicted octanol–water partition coefficient (Wildman–Crippen LogP) is 4.63. The van der Waals surface area contributed by atoms with Crippen LogP contribution in [0.2, 0.25) is 0 Å². The fourth-order valence-electron chi connectivity index (χ4n) is 5.60. The number of carbonyl (C=O) groups excluding carboxylic acids is 3. The molecule has 2 aromatic rings. The fraction of sp³-hybridized carbons (Fsp3) is 0.400. The molecule has 4 atom stereocenters. The van der Waals surface area contributed by atoms with Gasteiger partial charge in [0.1, 0.15) is 17.4 Å². The SMILES string of the molecule is CCOC(=O)C1=C(C)N=C2C[C@@H](c3cccc(OC)c3)[C@@H](C(=O)OCC)C(=O)C2[C@@H]1c1ccccc1OC. The van der Waals surface area contributed by atoms with Gasteiger partial charge in [0.25, 0.3) is 0 Å². The Hall–Kier alpha value is -3.94. The number of hydrogen-bond acceptors (Lipinski definition) is 8. The molecule has 2 aromatic carbocycles. The van der Waals surface area contributed by atoms with Crippen LogP contribution >= 0.6 is 0 Å². The molecule has 0 amide bonds. The van der Waals surface area contributed by atoms with Gasteiger partial charge in [0.05, 0.1) is 38.9 Å². The molecule has 0 spiro atoms. The van der Waals surface area contributed by atoms with Gasteiger partial charge in [0, 0.05) is 28.8 Å². The van der Waals surface area contributed by atoms with E-state index in [2.05, 4.69) is 0 Å². The fourth-order valence-corrected chi connectivity index (χ4v) is 5.60. The summed E-state index contributed by atoms with van der Waals surface area (Å²) in [6, 6.07) is 14.6. The third-order valence-corrected chi connectivity index (χ3v) is 7.18. The molecule has 38 heavy (non-hydrogen) atoms. The molecule has 0 aromatic heterocycles. The van der Waals surface area contributed by atoms with Gasteiger partial charge in [-0.15, -0.1) is 0 Å². The summed E-state index contributed by atoms with van der Waals surface area (Å²) in [6.07, 6.45) is 0.339. The summed E-state index contributed by atoms with van der Waals surface area (Å²) in [5.41, 5.74) is 2.83. The molecule has 2 aliphatic rings. The Bertz CT molecular complexity index is 1300. The Morgan fingerprint density at radius 2 is 1.68 bits per heavy atom. The summed E-state index contributed by atoms with van der Waals surface area (Å²) in [4.78, 5) is 45.7. The summed E-state index contributed by atoms with van der Waals surface area (Å²) < 4.78 is 21.8. The van der Waals surface area contributed by atoms with Crippen LogP contribution in [-0.2, 0) is 23.9 Å². The highest BCUT2D eigenvalue weighted by Gasteiger charge is 2.53. The first-order valence-corrected chi connectivity index (χ1v) is 12.8. The normalized spacial score (nSPS) is 22.8. The number of para-hydroxylation sites is 1. The van der Waals surface area contributed by atoms with E-state index in [1.165, 1.54) is 0 Å². The standard InChI is InChI=1S/C30H33NO7/c1-6-37-29(33)24-17(3)31-22-16-21(18-11-10-12-19(15-18)35-4)26(30(34)38-7-2)28(32)27(22)25(24)20-13-8-9-14-23(20)36-5/h8-15,21,25-27H,6-7,16H2,1-5H3/t21-,25+,26+,27?/m0/s1. The van der Waals surface area contributed by atoms with Crippen LogP contribution in [0.3, 0.4) is 0 Å². The summed E-state index contributed by atoms with van der Waals surface area (Å²) >= 11 is 0. The van der Waals surface area contributed by atoms with E-state index in [1.807, 2.05) is 42.5 Å². The molecule has 1 unspecified atom stereocenters. The number of allylic oxidation sites excluding steroid dienone is 1. The number of carbonyl (C=O) groups is 3. The molecule has 8 heteroatoms. The van der Waals surface area contributed by atoms with E-state index in [4.69, 9.17) is 23.9 Å². The van der Waals surface area contributed by atoms with Crippen LogP contribution in [0.4, 0.5) is 0 Å². The average molecular weight is 520 g/mol. The van der Waals surface area contributed by atoms with E-state index in [0.29, 0.717) is 40.5 Å². The van der Waals surface area contributed by atoms with Gasteiger partial charge in [-0.2, -0.15) is 0 Å². The Labute approximate surface area is 222 Å². The number of methoxy groups -OCH3 is 2. The molecule has 200 valence electrons. The molecular weight excluding hydrogens is 486 g/mol. The maximum Gasteiger partial charge on any atom is 0.336 e. The number of nitrogens with zero attached hydrogens (tertiary/aromatic N) is 1. The Morgan fingerprint density at radius 1 is 0.947 bits per heavy atom. The zero-order valence-electron chi connectivity index (χ0n) is 22.4. The Balaban J connectivity index is 1.92. The number of Topliss-reactive ketones (excluding diaryl/α,β-unsaturated/α-hetero) is 1. The number of ether oxygens (including phenoxy) is 4. The Kier molecular flexibility index (Phi) is 8.29. The first kappa shape index (κ1) is 27.1. The van der Waals surface area contributed by atoms with Gasteiger partial charge in [0.15, 0.2) is 5.78 Å². The van der Waals surface area contributed by atoms with Gasteiger partial charge >= 0.3 is 11.9 Å². The lowest BCUT2D eigenvalue weighted by Crippen LogP contribution is -2.48. The van der Waals surface area contributed by atoms with Crippen LogP contribution in [0.25, 0.3) is 0 Å². The van der Waals surface area contributed by atoms with Gasteiger partial charge in [-0.25, -0.2) is 4.79 Å². The number of hydrogen-bond donors (Lipinski definition) is 0. The zero-order chi connectivity index (χ0) is 27.4. The van der Waals surface area contributed by atoms with Crippen molar-refractivity contribution in [2.45, 2.75) is 39.0 Å². The van der Waals surface area contributed by atoms with Gasteiger partial charge in [0.2, 0.25) is 0 Å². The number of fused-ring (bicyclic) bond motifs is 1. The zero-order valence-corrected chi connectivity index (χ0v) is 22.4. The highest BCUT2D eigenvalue weighted by molar-refractivity contribution is 6.18. The minimum atomic E-state index is -1.08. The summed E-state index contributed by atoms with van der Waals surface area (Å²) in [5, 5.41) is 0. The second-order valence-corrected chi connectivity index (χ2v) is 9.24. The number of ketones is 1. The molecule has 1 aliphatic carbocycles. The molecular formula is C30H33NO7. The minimum absolute atomic E-state index is 0.141. The number of esters is 2. The second kappa shape index (κ2) is 11.6. The van der Waals surface area contributed by atoms with E-state index in [-0.39, 0.29) is 19.0 Å². The van der Waals surface area contributed by atoms with E-state index < -0.39 is 35.6 Å². The smallest absolute Gasteiger partial charge is 0.336 e. The van der Waals surface area contributed by atoms with E-state index in [9.17, 15) is 14.4 Å². The molecule has 0 bridgehead atoms. The molecule has 0 N–H and O–H groups in total. The molecule has 1 heterocycles. The van der Waals surface area contributed by atoms with Crippen LogP contribution in [-0.4, -0.2) is 50.9 Å². The predicted molar refractivity (Wildman–Crippen MR) is 141 cm³/mol. The topological polar surface area (TPSA) is 100 Å². The van der Waals surface area contributed by atoms with Crippen molar-refractivity contribution < 1.29 is 33.3 Å². The molecule has 1 aliphatic heterocycles. The minimum Gasteiger partial charge on any atom is -0.497 e. The van der Waals surface area contributed by atoms with Crippen molar-refractivity contribution in [3.8, 4) is 11.5 Å². The summed E-state index contributed by atoms with van der Waals surface area (Å²) in [7, 11) is 3.11. The lowest BCUT2D eigenvalue weighted by atomic mass is 9.62. The van der Waals surface area contributed by atoms with Crippen molar-refractivity contribution in [2.24, 2.45) is 16.8 Å². The van der Waals surface area contributed by atoms with Gasteiger partial charge < -0.3 is 18.9 Å². The first-order valence-electron chi connectivity index (χ1n) is 12.8. The van der Waals surface area contributed by atoms with Crippen LogP contribution in [0.5, 0.6) is 11.5 Å². The summed E-state index contributed by atoms with van der Waals surface area (Å²) in [6.45, 7) is 5.50. The molecule has 0 radical (unpaired) electrons. The van der Waals surface area contributed by atoms with E-state index in [1.54, 1.807) is 41.1 Å². The quantitative estimate of drug-likeness (QED) is 0.370. The van der Waals surface area contributed by atoms with Crippen molar-refractivity contribution in [2.75, 3.05) is 27.4 Å². The molecule has 4 rings (SSSR count). The molecule has 0 saturated heterocycles. The van der Waals surface area contributed by atoms with Gasteiger partial charge in [-0.1, -0.05) is 30.3 Å². The third kappa shape index (κ3) is 4.95. The highest BCUT2D eigenvalue weighted by Crippen LogP contribution is 2.50. The maximum atomic E-state index is 14.4. The first-order chi connectivity index (χ1) is 18.4. The van der Waals surface area contributed by atoms with Crippen LogP contribution in [0.1, 0.15) is 50.2 Å². The van der Waals surface area contributed by atoms with Crippen molar-refractivity contribution >= 4 is 23.4 Å². The molecule has 1 fully saturated rings. The van der Waals surface area contributed by atoms with Crippen molar-refractivity contribution in [3.63, 3.8) is 0 Å². The Morgan fingerprint density at radius 3 is 2.37 bits per heavy atom. The van der Waals surface area contributed by atoms with Crippen molar-refractivity contribution in [1.82, 2.24) is 0 Å². The third-order valence-electron chi connectivity index (χ3n) is 7.18. The summed E-state index contributed by atoms with van der Waals surface area (Å²) in [5.74, 6) is -3.48. The lowest BCUT2D eigenvalue weighted by Gasteiger charge is -2.41. The largest absolute Gasteiger partial charge is 0.497 e. The second-order valence-electron chi connectivity index (χ2n) is 9.24. The van der Waals surface area contributed by atoms with Gasteiger partial charge in [-0.05, 0) is 51.0 Å². The maximum absolute atomic E-state index is 14.4. The molecule has 8 nitrogen and oxygen atoms in total. The van der Waals surface area contributed by atoms with Gasteiger partial charge in [-0.3, -0.25) is 14.6 Å². The van der Waals surface area contributed by atoms with Crippen LogP contribution in [0.15, 0.2) is 64.8 Å². The monoisotopic (exact) mass is 519 g/mol. The van der Waals surface area contributed by atoms with E-state index >= 15 is 0 Å². The van der Waals surface area contributed by atoms with Crippen molar-refractivity contribution in [1.29, 1.82) is 0 Å². The number of benzene rings is 2. The number of rotatable bonds is 8. The van der Waals surface area contributed by atoms with Crippen molar-refractivity contribution in [3.05, 3.63) is 70.9 Å².